The van der Waals surface area contributed by atoms with Crippen LogP contribution in [0.25, 0.3) is 0 Å². The first-order valence-corrected chi connectivity index (χ1v) is 9.21. The molecule has 26 heavy (non-hydrogen) atoms. The van der Waals surface area contributed by atoms with Crippen molar-refractivity contribution in [3.05, 3.63) is 68.6 Å². The number of amides is 1. The largest absolute Gasteiger partial charge is 0.350 e. The molecule has 1 amide bonds. The molecule has 1 N–H and O–H groups in total. The molecule has 6 heteroatoms. The van der Waals surface area contributed by atoms with Gasteiger partial charge in [-0.15, -0.1) is 0 Å². The second-order valence-corrected chi connectivity index (χ2v) is 6.63. The molecule has 0 radical (unpaired) electrons. The van der Waals surface area contributed by atoms with E-state index in [-0.39, 0.29) is 23.1 Å². The number of aromatic nitrogens is 1. The summed E-state index contributed by atoms with van der Waals surface area (Å²) in [5.74, 6) is -0.366. The highest BCUT2D eigenvalue weighted by atomic mass is 35.5. The topological polar surface area (TPSA) is 54.3 Å². The number of benzene rings is 1. The van der Waals surface area contributed by atoms with Gasteiger partial charge in [0.2, 0.25) is 0 Å². The van der Waals surface area contributed by atoms with E-state index in [1.54, 1.807) is 19.2 Å². The lowest BCUT2D eigenvalue weighted by atomic mass is 10.0. The summed E-state index contributed by atoms with van der Waals surface area (Å²) in [5.41, 5.74) is 1.63. The number of carbonyl (C=O) groups is 1. The first kappa shape index (κ1) is 20.2. The predicted molar refractivity (Wildman–Crippen MR) is 106 cm³/mol. The van der Waals surface area contributed by atoms with Gasteiger partial charge in [0, 0.05) is 24.3 Å². The molecular formula is C20H26ClN3O2. The van der Waals surface area contributed by atoms with Crippen LogP contribution in [-0.2, 0) is 7.05 Å². The van der Waals surface area contributed by atoms with E-state index in [1.165, 1.54) is 4.57 Å². The maximum Gasteiger partial charge on any atom is 0.263 e. The summed E-state index contributed by atoms with van der Waals surface area (Å²) in [7, 11) is 1.66. The Morgan fingerprint density at radius 3 is 2.46 bits per heavy atom. The lowest BCUT2D eigenvalue weighted by molar-refractivity contribution is 0.0933. The van der Waals surface area contributed by atoms with E-state index >= 15 is 0 Å². The summed E-state index contributed by atoms with van der Waals surface area (Å²) in [6.07, 6.45) is 0. The SMILES string of the molecule is CCN(CC)C(CNC(=O)c1ccc(C)n(C)c1=O)c1ccccc1Cl. The Morgan fingerprint density at radius 1 is 1.19 bits per heavy atom. The van der Waals surface area contributed by atoms with Gasteiger partial charge >= 0.3 is 0 Å². The third-order valence-corrected chi connectivity index (χ3v) is 5.12. The Bertz CT molecular complexity index is 828. The monoisotopic (exact) mass is 375 g/mol. The summed E-state index contributed by atoms with van der Waals surface area (Å²) in [5, 5.41) is 3.58. The number of halogens is 1. The highest BCUT2D eigenvalue weighted by Gasteiger charge is 2.22. The van der Waals surface area contributed by atoms with Crippen LogP contribution in [0.5, 0.6) is 0 Å². The van der Waals surface area contributed by atoms with Crippen molar-refractivity contribution in [3.63, 3.8) is 0 Å². The molecule has 1 atom stereocenters. The van der Waals surface area contributed by atoms with Crippen molar-refractivity contribution in [1.82, 2.24) is 14.8 Å². The van der Waals surface area contributed by atoms with Gasteiger partial charge in [-0.1, -0.05) is 43.6 Å². The van der Waals surface area contributed by atoms with Gasteiger partial charge in [-0.2, -0.15) is 0 Å². The molecule has 1 unspecified atom stereocenters. The van der Waals surface area contributed by atoms with Gasteiger partial charge in [0.1, 0.15) is 5.56 Å². The highest BCUT2D eigenvalue weighted by Crippen LogP contribution is 2.27. The van der Waals surface area contributed by atoms with Gasteiger partial charge in [0.05, 0.1) is 6.04 Å². The second-order valence-electron chi connectivity index (χ2n) is 6.22. The molecular weight excluding hydrogens is 350 g/mol. The molecule has 2 aromatic rings. The Balaban J connectivity index is 2.25. The number of hydrogen-bond acceptors (Lipinski definition) is 3. The van der Waals surface area contributed by atoms with E-state index in [2.05, 4.69) is 24.1 Å². The van der Waals surface area contributed by atoms with Gasteiger partial charge in [0.15, 0.2) is 0 Å². The maximum absolute atomic E-state index is 12.6. The fourth-order valence-electron chi connectivity index (χ4n) is 3.03. The van der Waals surface area contributed by atoms with E-state index in [4.69, 9.17) is 11.6 Å². The van der Waals surface area contributed by atoms with Gasteiger partial charge in [0.25, 0.3) is 11.5 Å². The second kappa shape index (κ2) is 9.01. The molecule has 1 heterocycles. The summed E-state index contributed by atoms with van der Waals surface area (Å²) in [6.45, 7) is 8.01. The number of nitrogens with one attached hydrogen (secondary N) is 1. The lowest BCUT2D eigenvalue weighted by Crippen LogP contribution is -2.40. The van der Waals surface area contributed by atoms with Crippen molar-refractivity contribution < 1.29 is 4.79 Å². The molecule has 2 rings (SSSR count). The minimum absolute atomic E-state index is 0.0584. The minimum Gasteiger partial charge on any atom is -0.350 e. The van der Waals surface area contributed by atoms with E-state index in [0.717, 1.165) is 24.3 Å². The Morgan fingerprint density at radius 2 is 1.85 bits per heavy atom. The van der Waals surface area contributed by atoms with Gasteiger partial charge in [-0.05, 0) is 43.8 Å². The average molecular weight is 376 g/mol. The zero-order valence-corrected chi connectivity index (χ0v) is 16.5. The molecule has 140 valence electrons. The van der Waals surface area contributed by atoms with Crippen LogP contribution in [0.1, 0.15) is 41.5 Å². The minimum atomic E-state index is -0.366. The lowest BCUT2D eigenvalue weighted by Gasteiger charge is -2.30. The summed E-state index contributed by atoms with van der Waals surface area (Å²) < 4.78 is 1.48. The van der Waals surface area contributed by atoms with Gasteiger partial charge < -0.3 is 9.88 Å². The fraction of sp³-hybridized carbons (Fsp3) is 0.400. The molecule has 0 aliphatic rings. The normalized spacial score (nSPS) is 12.2. The van der Waals surface area contributed by atoms with Crippen LogP contribution in [0.3, 0.4) is 0 Å². The smallest absolute Gasteiger partial charge is 0.263 e. The third-order valence-electron chi connectivity index (χ3n) is 4.77. The third kappa shape index (κ3) is 4.34. The van der Waals surface area contributed by atoms with Crippen LogP contribution < -0.4 is 10.9 Å². The summed E-state index contributed by atoms with van der Waals surface area (Å²) in [6, 6.07) is 10.9. The molecule has 1 aromatic heterocycles. The van der Waals surface area contributed by atoms with Crippen LogP contribution in [0.4, 0.5) is 0 Å². The van der Waals surface area contributed by atoms with Gasteiger partial charge in [-0.3, -0.25) is 14.5 Å². The molecule has 0 aliphatic carbocycles. The first-order valence-electron chi connectivity index (χ1n) is 8.84. The molecule has 0 bridgehead atoms. The van der Waals surface area contributed by atoms with Crippen molar-refractivity contribution >= 4 is 17.5 Å². The van der Waals surface area contributed by atoms with Crippen LogP contribution in [0.15, 0.2) is 41.2 Å². The fourth-order valence-corrected chi connectivity index (χ4v) is 3.29. The Labute approximate surface area is 159 Å². The zero-order chi connectivity index (χ0) is 19.3. The summed E-state index contributed by atoms with van der Waals surface area (Å²) in [4.78, 5) is 27.1. The van der Waals surface area contributed by atoms with Crippen molar-refractivity contribution in [1.29, 1.82) is 0 Å². The standard InChI is InChI=1S/C20H26ClN3O2/c1-5-24(6-2)18(15-9-7-8-10-17(15)21)13-22-19(25)16-12-11-14(3)23(4)20(16)26/h7-12,18H,5-6,13H2,1-4H3,(H,22,25). The van der Waals surface area contributed by atoms with Crippen molar-refractivity contribution in [2.24, 2.45) is 7.05 Å². The van der Waals surface area contributed by atoms with Crippen LogP contribution in [-0.4, -0.2) is 35.0 Å². The molecule has 0 saturated carbocycles. The highest BCUT2D eigenvalue weighted by molar-refractivity contribution is 6.31. The van der Waals surface area contributed by atoms with E-state index in [0.29, 0.717) is 11.6 Å². The Kier molecular flexibility index (Phi) is 7.00. The number of pyridine rings is 1. The number of nitrogens with zero attached hydrogens (tertiary/aromatic N) is 2. The van der Waals surface area contributed by atoms with E-state index in [1.807, 2.05) is 31.2 Å². The van der Waals surface area contributed by atoms with E-state index < -0.39 is 0 Å². The zero-order valence-electron chi connectivity index (χ0n) is 15.8. The predicted octanol–water partition coefficient (Wildman–Crippen LogP) is 3.16. The average Bonchev–Trinajstić information content (AvgIpc) is 2.64. The molecule has 0 aliphatic heterocycles. The maximum atomic E-state index is 12.6. The quantitative estimate of drug-likeness (QED) is 0.808. The van der Waals surface area contributed by atoms with Crippen LogP contribution in [0.2, 0.25) is 5.02 Å². The first-order chi connectivity index (χ1) is 12.4. The van der Waals surface area contributed by atoms with Crippen LogP contribution >= 0.6 is 11.6 Å². The Hall–Kier alpha value is -2.11. The number of carbonyl (C=O) groups excluding carboxylic acids is 1. The van der Waals surface area contributed by atoms with Crippen molar-refractivity contribution in [2.75, 3.05) is 19.6 Å². The number of hydrogen-bond donors (Lipinski definition) is 1. The molecule has 5 nitrogen and oxygen atoms in total. The molecule has 0 spiro atoms. The number of likely N-dealkylation sites (N-methyl/N-ethyl adjacent to an activating group) is 1. The molecule has 0 saturated heterocycles. The van der Waals surface area contributed by atoms with E-state index in [9.17, 15) is 9.59 Å². The van der Waals surface area contributed by atoms with Crippen LogP contribution in [0, 0.1) is 6.92 Å². The van der Waals surface area contributed by atoms with Crippen molar-refractivity contribution in [3.8, 4) is 0 Å². The number of rotatable bonds is 7. The van der Waals surface area contributed by atoms with Crippen molar-refractivity contribution in [2.45, 2.75) is 26.8 Å². The van der Waals surface area contributed by atoms with Gasteiger partial charge in [-0.25, -0.2) is 0 Å². The summed E-state index contributed by atoms with van der Waals surface area (Å²) >= 11 is 6.38. The number of aryl methyl sites for hydroxylation is 1. The molecule has 1 aromatic carbocycles. The molecule has 0 fully saturated rings.